The number of hydrogen-bond acceptors (Lipinski definition) is 4. The summed E-state index contributed by atoms with van der Waals surface area (Å²) in [6.07, 6.45) is 3.12. The van der Waals surface area contributed by atoms with Crippen molar-refractivity contribution in [3.05, 3.63) is 24.2 Å². The van der Waals surface area contributed by atoms with Gasteiger partial charge in [0.15, 0.2) is 0 Å². The SMILES string of the molecule is O=C(O)CN(CC(=O)O)C(=O)N(Cc1ccco1)C1CC1. The highest BCUT2D eigenvalue weighted by Gasteiger charge is 2.36. The second kappa shape index (κ2) is 6.29. The van der Waals surface area contributed by atoms with Gasteiger partial charge in [0.2, 0.25) is 0 Å². The molecule has 0 aromatic carbocycles. The molecule has 1 aromatic heterocycles. The smallest absolute Gasteiger partial charge is 0.323 e. The van der Waals surface area contributed by atoms with Crippen molar-refractivity contribution in [2.45, 2.75) is 25.4 Å². The summed E-state index contributed by atoms with van der Waals surface area (Å²) in [5.74, 6) is -1.93. The Morgan fingerprint density at radius 3 is 2.24 bits per heavy atom. The number of carboxylic acid groups (broad SMARTS) is 2. The van der Waals surface area contributed by atoms with Gasteiger partial charge in [-0.2, -0.15) is 0 Å². The topological polar surface area (TPSA) is 111 Å². The number of aliphatic carboxylic acids is 2. The van der Waals surface area contributed by atoms with Crippen LogP contribution in [0.1, 0.15) is 18.6 Å². The van der Waals surface area contributed by atoms with Crippen LogP contribution >= 0.6 is 0 Å². The molecule has 0 spiro atoms. The monoisotopic (exact) mass is 296 g/mol. The number of carbonyl (C=O) groups excluding carboxylic acids is 1. The second-order valence-corrected chi connectivity index (χ2v) is 4.86. The van der Waals surface area contributed by atoms with Gasteiger partial charge in [-0.15, -0.1) is 0 Å². The molecule has 0 bridgehead atoms. The number of carbonyl (C=O) groups is 3. The molecule has 1 heterocycles. The molecule has 1 aliphatic carbocycles. The van der Waals surface area contributed by atoms with Gasteiger partial charge in [0, 0.05) is 6.04 Å². The Bertz CT molecular complexity index is 507. The summed E-state index contributed by atoms with van der Waals surface area (Å²) in [5, 5.41) is 17.6. The van der Waals surface area contributed by atoms with E-state index in [0.29, 0.717) is 5.76 Å². The van der Waals surface area contributed by atoms with Crippen molar-refractivity contribution in [3.8, 4) is 0 Å². The van der Waals surface area contributed by atoms with Gasteiger partial charge in [0.1, 0.15) is 18.8 Å². The highest BCUT2D eigenvalue weighted by Crippen LogP contribution is 2.29. The van der Waals surface area contributed by atoms with E-state index in [9.17, 15) is 14.4 Å². The van der Waals surface area contributed by atoms with Crippen molar-refractivity contribution in [1.29, 1.82) is 0 Å². The lowest BCUT2D eigenvalue weighted by atomic mass is 10.3. The predicted molar refractivity (Wildman–Crippen MR) is 69.5 cm³/mol. The number of amides is 2. The molecule has 0 atom stereocenters. The highest BCUT2D eigenvalue weighted by molar-refractivity contribution is 5.84. The molecule has 1 aliphatic rings. The number of hydrogen-bond donors (Lipinski definition) is 2. The second-order valence-electron chi connectivity index (χ2n) is 4.86. The lowest BCUT2D eigenvalue weighted by Crippen LogP contribution is -2.47. The molecule has 1 fully saturated rings. The molecular weight excluding hydrogens is 280 g/mol. The van der Waals surface area contributed by atoms with Crippen LogP contribution < -0.4 is 0 Å². The summed E-state index contributed by atoms with van der Waals surface area (Å²) < 4.78 is 5.19. The van der Waals surface area contributed by atoms with Gasteiger partial charge in [0.25, 0.3) is 0 Å². The van der Waals surface area contributed by atoms with Crippen LogP contribution in [0.5, 0.6) is 0 Å². The number of nitrogens with zero attached hydrogens (tertiary/aromatic N) is 2. The minimum atomic E-state index is -1.25. The first-order chi connectivity index (χ1) is 9.97. The van der Waals surface area contributed by atoms with Gasteiger partial charge >= 0.3 is 18.0 Å². The van der Waals surface area contributed by atoms with Gasteiger partial charge in [0.05, 0.1) is 12.8 Å². The standard InChI is InChI=1S/C13H16N2O6/c16-11(17)7-14(8-12(18)19)13(20)15(9-3-4-9)6-10-2-1-5-21-10/h1-2,5,9H,3-4,6-8H2,(H,16,17)(H,18,19). The van der Waals surface area contributed by atoms with Gasteiger partial charge in [-0.05, 0) is 25.0 Å². The highest BCUT2D eigenvalue weighted by atomic mass is 16.4. The fourth-order valence-corrected chi connectivity index (χ4v) is 2.01. The van der Waals surface area contributed by atoms with Crippen molar-refractivity contribution in [3.63, 3.8) is 0 Å². The fraction of sp³-hybridized carbons (Fsp3) is 0.462. The number of furan rings is 1. The third kappa shape index (κ3) is 4.23. The molecule has 8 heteroatoms. The largest absolute Gasteiger partial charge is 0.480 e. The first kappa shape index (κ1) is 14.9. The third-order valence-corrected chi connectivity index (χ3v) is 3.06. The van der Waals surface area contributed by atoms with Crippen LogP contribution in [-0.4, -0.2) is 57.1 Å². The van der Waals surface area contributed by atoms with E-state index in [4.69, 9.17) is 14.6 Å². The molecule has 0 radical (unpaired) electrons. The lowest BCUT2D eigenvalue weighted by molar-refractivity contribution is -0.140. The molecule has 0 saturated heterocycles. The maximum absolute atomic E-state index is 12.4. The predicted octanol–water partition coefficient (Wildman–Crippen LogP) is 0.835. The summed E-state index contributed by atoms with van der Waals surface area (Å²) in [7, 11) is 0. The van der Waals surface area contributed by atoms with Crippen molar-refractivity contribution in [2.24, 2.45) is 0 Å². The third-order valence-electron chi connectivity index (χ3n) is 3.06. The summed E-state index contributed by atoms with van der Waals surface area (Å²) in [5.41, 5.74) is 0. The molecule has 1 saturated carbocycles. The molecule has 0 aliphatic heterocycles. The molecule has 0 unspecified atom stereocenters. The molecule has 2 amide bonds. The Balaban J connectivity index is 2.10. The molecule has 2 rings (SSSR count). The zero-order valence-corrected chi connectivity index (χ0v) is 11.3. The average molecular weight is 296 g/mol. The normalized spacial score (nSPS) is 13.7. The van der Waals surface area contributed by atoms with E-state index in [1.807, 2.05) is 0 Å². The van der Waals surface area contributed by atoms with Gasteiger partial charge in [-0.3, -0.25) is 9.59 Å². The Kier molecular flexibility index (Phi) is 4.46. The molecule has 114 valence electrons. The average Bonchev–Trinajstić information content (AvgIpc) is 3.10. The van der Waals surface area contributed by atoms with Gasteiger partial charge in [-0.1, -0.05) is 0 Å². The van der Waals surface area contributed by atoms with E-state index in [1.165, 1.54) is 11.2 Å². The van der Waals surface area contributed by atoms with Crippen molar-refractivity contribution in [1.82, 2.24) is 9.80 Å². The van der Waals surface area contributed by atoms with E-state index >= 15 is 0 Å². The summed E-state index contributed by atoms with van der Waals surface area (Å²) >= 11 is 0. The Morgan fingerprint density at radius 2 is 1.81 bits per heavy atom. The maximum atomic E-state index is 12.4. The van der Waals surface area contributed by atoms with Crippen molar-refractivity contribution >= 4 is 18.0 Å². The first-order valence-electron chi connectivity index (χ1n) is 6.49. The van der Waals surface area contributed by atoms with Crippen molar-refractivity contribution < 1.29 is 29.0 Å². The van der Waals surface area contributed by atoms with Crippen LogP contribution in [0, 0.1) is 0 Å². The van der Waals surface area contributed by atoms with Crippen LogP contribution in [0.4, 0.5) is 4.79 Å². The molecule has 1 aromatic rings. The molecular formula is C13H16N2O6. The van der Waals surface area contributed by atoms with Crippen LogP contribution in [-0.2, 0) is 16.1 Å². The van der Waals surface area contributed by atoms with E-state index in [-0.39, 0.29) is 12.6 Å². The van der Waals surface area contributed by atoms with Crippen LogP contribution in [0.25, 0.3) is 0 Å². The zero-order chi connectivity index (χ0) is 15.4. The molecule has 8 nitrogen and oxygen atoms in total. The van der Waals surface area contributed by atoms with E-state index in [0.717, 1.165) is 17.7 Å². The van der Waals surface area contributed by atoms with Crippen LogP contribution in [0.15, 0.2) is 22.8 Å². The summed E-state index contributed by atoms with van der Waals surface area (Å²) in [6.45, 7) is -1.09. The number of rotatable bonds is 7. The van der Waals surface area contributed by atoms with E-state index < -0.39 is 31.1 Å². The minimum absolute atomic E-state index is 0.00712. The van der Waals surface area contributed by atoms with Crippen LogP contribution in [0.2, 0.25) is 0 Å². The summed E-state index contributed by atoms with van der Waals surface area (Å²) in [6, 6.07) is 2.81. The number of carboxylic acids is 2. The Morgan fingerprint density at radius 1 is 1.19 bits per heavy atom. The Hall–Kier alpha value is -2.51. The zero-order valence-electron chi connectivity index (χ0n) is 11.3. The quantitative estimate of drug-likeness (QED) is 0.771. The number of urea groups is 1. The van der Waals surface area contributed by atoms with Gasteiger partial charge < -0.3 is 24.4 Å². The Labute approximate surface area is 120 Å². The minimum Gasteiger partial charge on any atom is -0.480 e. The fourth-order valence-electron chi connectivity index (χ4n) is 2.01. The van der Waals surface area contributed by atoms with E-state index in [2.05, 4.69) is 0 Å². The van der Waals surface area contributed by atoms with E-state index in [1.54, 1.807) is 12.1 Å². The molecule has 21 heavy (non-hydrogen) atoms. The maximum Gasteiger partial charge on any atom is 0.323 e. The lowest BCUT2D eigenvalue weighted by Gasteiger charge is -2.28. The van der Waals surface area contributed by atoms with Crippen molar-refractivity contribution in [2.75, 3.05) is 13.1 Å². The summed E-state index contributed by atoms with van der Waals surface area (Å²) in [4.78, 5) is 36.3. The first-order valence-corrected chi connectivity index (χ1v) is 6.49. The molecule has 2 N–H and O–H groups in total. The van der Waals surface area contributed by atoms with Crippen LogP contribution in [0.3, 0.4) is 0 Å². The van der Waals surface area contributed by atoms with Gasteiger partial charge in [-0.25, -0.2) is 4.79 Å².